The molecule has 1 atom stereocenters. The van der Waals surface area contributed by atoms with Gasteiger partial charge in [-0.2, -0.15) is 0 Å². The average molecular weight is 167 g/mol. The van der Waals surface area contributed by atoms with Crippen molar-refractivity contribution in [3.63, 3.8) is 0 Å². The van der Waals surface area contributed by atoms with E-state index in [0.717, 1.165) is 25.0 Å². The van der Waals surface area contributed by atoms with Crippen LogP contribution in [0.5, 0.6) is 0 Å². The first kappa shape index (κ1) is 9.30. The quantitative estimate of drug-likeness (QED) is 0.383. The van der Waals surface area contributed by atoms with Crippen molar-refractivity contribution in [2.75, 3.05) is 0 Å². The molecule has 2 nitrogen and oxygen atoms in total. The van der Waals surface area contributed by atoms with Gasteiger partial charge in [-0.3, -0.25) is 0 Å². The van der Waals surface area contributed by atoms with Crippen molar-refractivity contribution in [3.8, 4) is 0 Å². The number of nitrogens with zero attached hydrogens (tertiary/aromatic N) is 1. The molecule has 1 aliphatic rings. The zero-order valence-electron chi connectivity index (χ0n) is 7.66. The van der Waals surface area contributed by atoms with E-state index < -0.39 is 0 Å². The summed E-state index contributed by atoms with van der Waals surface area (Å²) in [4.78, 5) is 0. The molecule has 0 bridgehead atoms. The van der Waals surface area contributed by atoms with Crippen LogP contribution in [0, 0.1) is 5.92 Å². The van der Waals surface area contributed by atoms with Gasteiger partial charge in [-0.25, -0.2) is 0 Å². The molecule has 0 spiro atoms. The summed E-state index contributed by atoms with van der Waals surface area (Å²) in [5.41, 5.74) is 0.964. The van der Waals surface area contributed by atoms with Gasteiger partial charge in [0.05, 0.1) is 5.71 Å². The normalized spacial score (nSPS) is 28.4. The first-order valence-electron chi connectivity index (χ1n) is 4.76. The Morgan fingerprint density at radius 1 is 1.58 bits per heavy atom. The molecule has 0 radical (unpaired) electrons. The Bertz CT molecular complexity index is 184. The number of allylic oxidation sites excluding steroid dienone is 2. The fourth-order valence-electron chi connectivity index (χ4n) is 1.65. The van der Waals surface area contributed by atoms with Gasteiger partial charge in [0.2, 0.25) is 0 Å². The topological polar surface area (TPSA) is 32.6 Å². The summed E-state index contributed by atoms with van der Waals surface area (Å²) in [6, 6.07) is 0. The van der Waals surface area contributed by atoms with Crippen LogP contribution < -0.4 is 0 Å². The van der Waals surface area contributed by atoms with Gasteiger partial charge in [-0.1, -0.05) is 30.7 Å². The summed E-state index contributed by atoms with van der Waals surface area (Å²) >= 11 is 0. The molecule has 1 aliphatic carbocycles. The van der Waals surface area contributed by atoms with Gasteiger partial charge in [0.25, 0.3) is 0 Å². The van der Waals surface area contributed by atoms with Crippen LogP contribution in [0.2, 0.25) is 0 Å². The highest BCUT2D eigenvalue weighted by atomic mass is 16.4. The molecule has 0 aromatic carbocycles. The lowest BCUT2D eigenvalue weighted by atomic mass is 9.87. The summed E-state index contributed by atoms with van der Waals surface area (Å²) < 4.78 is 0. The van der Waals surface area contributed by atoms with E-state index >= 15 is 0 Å². The van der Waals surface area contributed by atoms with Crippen LogP contribution in [-0.2, 0) is 0 Å². The number of hydrogen-bond acceptors (Lipinski definition) is 2. The van der Waals surface area contributed by atoms with Gasteiger partial charge in [0.1, 0.15) is 0 Å². The van der Waals surface area contributed by atoms with E-state index in [-0.39, 0.29) is 0 Å². The van der Waals surface area contributed by atoms with Gasteiger partial charge >= 0.3 is 0 Å². The third-order valence-corrected chi connectivity index (χ3v) is 2.36. The van der Waals surface area contributed by atoms with Crippen molar-refractivity contribution in [3.05, 3.63) is 12.2 Å². The molecule has 1 rings (SSSR count). The van der Waals surface area contributed by atoms with E-state index in [1.807, 2.05) is 0 Å². The molecule has 2 heteroatoms. The molecule has 1 saturated carbocycles. The highest BCUT2D eigenvalue weighted by Crippen LogP contribution is 2.22. The summed E-state index contributed by atoms with van der Waals surface area (Å²) in [6.07, 6.45) is 9.95. The minimum atomic E-state index is 0.406. The smallest absolute Gasteiger partial charge is 0.0639 e. The second-order valence-electron chi connectivity index (χ2n) is 3.28. The molecule has 1 N–H and O–H groups in total. The van der Waals surface area contributed by atoms with Crippen molar-refractivity contribution in [1.82, 2.24) is 0 Å². The van der Waals surface area contributed by atoms with Crippen LogP contribution in [-0.4, -0.2) is 10.9 Å². The second-order valence-corrected chi connectivity index (χ2v) is 3.28. The minimum Gasteiger partial charge on any atom is -0.411 e. The second kappa shape index (κ2) is 4.96. The molecule has 1 unspecified atom stereocenters. The van der Waals surface area contributed by atoms with Gasteiger partial charge in [0.15, 0.2) is 0 Å². The monoisotopic (exact) mass is 167 g/mol. The Kier molecular flexibility index (Phi) is 3.85. The SMILES string of the molecule is CCC=CC1CCCCC1=NO. The van der Waals surface area contributed by atoms with Gasteiger partial charge in [-0.05, 0) is 25.7 Å². The summed E-state index contributed by atoms with van der Waals surface area (Å²) in [7, 11) is 0. The van der Waals surface area contributed by atoms with Crippen LogP contribution in [0.15, 0.2) is 17.3 Å². The molecule has 0 aromatic rings. The van der Waals surface area contributed by atoms with Crippen LogP contribution in [0.1, 0.15) is 39.0 Å². The lowest BCUT2D eigenvalue weighted by Gasteiger charge is -2.19. The Labute approximate surface area is 74.0 Å². The summed E-state index contributed by atoms with van der Waals surface area (Å²) in [5.74, 6) is 0.406. The van der Waals surface area contributed by atoms with E-state index in [9.17, 15) is 0 Å². The van der Waals surface area contributed by atoms with Crippen molar-refractivity contribution in [2.45, 2.75) is 39.0 Å². The molecule has 12 heavy (non-hydrogen) atoms. The molecular weight excluding hydrogens is 150 g/mol. The lowest BCUT2D eigenvalue weighted by molar-refractivity contribution is 0.311. The van der Waals surface area contributed by atoms with Gasteiger partial charge < -0.3 is 5.21 Å². The van der Waals surface area contributed by atoms with E-state index in [1.54, 1.807) is 0 Å². The van der Waals surface area contributed by atoms with Gasteiger partial charge in [-0.15, -0.1) is 0 Å². The average Bonchev–Trinajstić information content (AvgIpc) is 2.15. The summed E-state index contributed by atoms with van der Waals surface area (Å²) in [5, 5.41) is 12.1. The fourth-order valence-corrected chi connectivity index (χ4v) is 1.65. The molecular formula is C10H17NO. The molecule has 0 aliphatic heterocycles. The third-order valence-electron chi connectivity index (χ3n) is 2.36. The van der Waals surface area contributed by atoms with Crippen LogP contribution in [0.25, 0.3) is 0 Å². The maximum Gasteiger partial charge on any atom is 0.0639 e. The molecule has 0 aromatic heterocycles. The Morgan fingerprint density at radius 3 is 3.08 bits per heavy atom. The number of oxime groups is 1. The highest BCUT2D eigenvalue weighted by molar-refractivity contribution is 5.88. The molecule has 0 saturated heterocycles. The zero-order valence-corrected chi connectivity index (χ0v) is 7.66. The first-order chi connectivity index (χ1) is 5.88. The fraction of sp³-hybridized carbons (Fsp3) is 0.700. The lowest BCUT2D eigenvalue weighted by Crippen LogP contribution is -2.17. The predicted octanol–water partition coefficient (Wildman–Crippen LogP) is 2.97. The minimum absolute atomic E-state index is 0.406. The number of hydrogen-bond donors (Lipinski definition) is 1. The maximum absolute atomic E-state index is 8.71. The Morgan fingerprint density at radius 2 is 2.42 bits per heavy atom. The highest BCUT2D eigenvalue weighted by Gasteiger charge is 2.17. The van der Waals surface area contributed by atoms with Crippen molar-refractivity contribution >= 4 is 5.71 Å². The van der Waals surface area contributed by atoms with E-state index in [0.29, 0.717) is 5.92 Å². The van der Waals surface area contributed by atoms with E-state index in [1.165, 1.54) is 12.8 Å². The van der Waals surface area contributed by atoms with Gasteiger partial charge in [0, 0.05) is 5.92 Å². The van der Waals surface area contributed by atoms with Crippen molar-refractivity contribution in [2.24, 2.45) is 11.1 Å². The molecule has 1 fully saturated rings. The maximum atomic E-state index is 8.71. The van der Waals surface area contributed by atoms with Crippen molar-refractivity contribution in [1.29, 1.82) is 0 Å². The third kappa shape index (κ3) is 2.36. The Balaban J connectivity index is 2.53. The van der Waals surface area contributed by atoms with E-state index in [4.69, 9.17) is 5.21 Å². The van der Waals surface area contributed by atoms with Crippen molar-refractivity contribution < 1.29 is 5.21 Å². The van der Waals surface area contributed by atoms with Crippen LogP contribution >= 0.6 is 0 Å². The largest absolute Gasteiger partial charge is 0.411 e. The van der Waals surface area contributed by atoms with Crippen LogP contribution in [0.4, 0.5) is 0 Å². The molecule has 68 valence electrons. The zero-order chi connectivity index (χ0) is 8.81. The van der Waals surface area contributed by atoms with Crippen LogP contribution in [0.3, 0.4) is 0 Å². The summed E-state index contributed by atoms with van der Waals surface area (Å²) in [6.45, 7) is 2.12. The van der Waals surface area contributed by atoms with E-state index in [2.05, 4.69) is 24.2 Å². The standard InChI is InChI=1S/C10H17NO/c1-2-3-6-9-7-4-5-8-10(9)11-12/h3,6,9,12H,2,4-5,7-8H2,1H3. The number of rotatable bonds is 2. The predicted molar refractivity (Wildman–Crippen MR) is 50.6 cm³/mol. The first-order valence-corrected chi connectivity index (χ1v) is 4.76. The molecule has 0 amide bonds. The Hall–Kier alpha value is -0.790. The molecule has 0 heterocycles.